The van der Waals surface area contributed by atoms with Crippen LogP contribution in [-0.2, 0) is 6.42 Å². The second kappa shape index (κ2) is 6.23. The molecule has 0 atom stereocenters. The van der Waals surface area contributed by atoms with Crippen LogP contribution in [0.1, 0.15) is 50.2 Å². The van der Waals surface area contributed by atoms with E-state index < -0.39 is 0 Å². The highest BCUT2D eigenvalue weighted by Crippen LogP contribution is 2.31. The van der Waals surface area contributed by atoms with Crippen LogP contribution in [0.25, 0.3) is 0 Å². The summed E-state index contributed by atoms with van der Waals surface area (Å²) in [6, 6.07) is 3.95. The van der Waals surface area contributed by atoms with Crippen LogP contribution < -0.4 is 0 Å². The van der Waals surface area contributed by atoms with Crippen molar-refractivity contribution in [2.24, 2.45) is 0 Å². The van der Waals surface area contributed by atoms with E-state index in [1.807, 2.05) is 24.0 Å². The molecule has 0 spiro atoms. The van der Waals surface area contributed by atoms with E-state index >= 15 is 0 Å². The third-order valence-electron chi connectivity index (χ3n) is 3.87. The van der Waals surface area contributed by atoms with Gasteiger partial charge in [0.2, 0.25) is 0 Å². The Bertz CT molecular complexity index is 626. The lowest BCUT2D eigenvalue weighted by Gasteiger charge is -2.30. The number of piperidine rings is 1. The first-order valence-electron chi connectivity index (χ1n) is 7.35. The number of nitrogens with zero attached hydrogens (tertiary/aromatic N) is 3. The monoisotopic (exact) mass is 321 g/mol. The number of likely N-dealkylation sites (tertiary alicyclic amines) is 1. The minimum Gasteiger partial charge on any atom is -0.338 e. The molecule has 4 nitrogen and oxygen atoms in total. The van der Waals surface area contributed by atoms with Gasteiger partial charge in [-0.05, 0) is 38.3 Å². The van der Waals surface area contributed by atoms with Gasteiger partial charge in [-0.15, -0.1) is 32.9 Å². The summed E-state index contributed by atoms with van der Waals surface area (Å²) in [7, 11) is 0. The first-order valence-corrected chi connectivity index (χ1v) is 8.98. The van der Waals surface area contributed by atoms with Crippen LogP contribution in [0, 0.1) is 6.92 Å². The summed E-state index contributed by atoms with van der Waals surface area (Å²) in [4.78, 5) is 16.4. The lowest BCUT2D eigenvalue weighted by molar-refractivity contribution is 0.0718. The summed E-state index contributed by atoms with van der Waals surface area (Å²) < 4.78 is 0. The van der Waals surface area contributed by atoms with E-state index in [0.29, 0.717) is 5.92 Å². The number of thiophene rings is 1. The normalized spacial score (nSPS) is 16.4. The molecule has 0 radical (unpaired) electrons. The molecule has 0 aromatic carbocycles. The van der Waals surface area contributed by atoms with Crippen LogP contribution in [0.15, 0.2) is 12.1 Å². The maximum Gasteiger partial charge on any atom is 0.263 e. The highest BCUT2D eigenvalue weighted by molar-refractivity contribution is 7.14. The Hall–Kier alpha value is -1.27. The highest BCUT2D eigenvalue weighted by Gasteiger charge is 2.27. The van der Waals surface area contributed by atoms with Gasteiger partial charge in [0.05, 0.1) is 4.88 Å². The summed E-state index contributed by atoms with van der Waals surface area (Å²) in [5.41, 5.74) is 0. The van der Waals surface area contributed by atoms with Crippen molar-refractivity contribution in [3.63, 3.8) is 0 Å². The molecule has 0 bridgehead atoms. The average molecular weight is 321 g/mol. The SMILES string of the molecule is CCc1nnc(C2CCN(C(=O)c3ccc(C)s3)CC2)s1. The molecular formula is C15H19N3OS2. The number of carbonyl (C=O) groups excluding carboxylic acids is 1. The van der Waals surface area contributed by atoms with Gasteiger partial charge in [-0.25, -0.2) is 0 Å². The Kier molecular flexibility index (Phi) is 4.35. The van der Waals surface area contributed by atoms with Crippen LogP contribution in [0.3, 0.4) is 0 Å². The van der Waals surface area contributed by atoms with Crippen molar-refractivity contribution in [2.45, 2.75) is 39.0 Å². The Balaban J connectivity index is 1.61. The Morgan fingerprint density at radius 1 is 1.29 bits per heavy atom. The van der Waals surface area contributed by atoms with Gasteiger partial charge >= 0.3 is 0 Å². The summed E-state index contributed by atoms with van der Waals surface area (Å²) in [6.45, 7) is 5.78. The van der Waals surface area contributed by atoms with Crippen molar-refractivity contribution in [1.29, 1.82) is 0 Å². The molecule has 1 amide bonds. The Morgan fingerprint density at radius 3 is 2.62 bits per heavy atom. The molecule has 0 saturated carbocycles. The van der Waals surface area contributed by atoms with Crippen molar-refractivity contribution < 1.29 is 4.79 Å². The fourth-order valence-electron chi connectivity index (χ4n) is 2.61. The van der Waals surface area contributed by atoms with Gasteiger partial charge in [0.15, 0.2) is 0 Å². The zero-order valence-corrected chi connectivity index (χ0v) is 14.0. The molecule has 1 fully saturated rings. The molecule has 6 heteroatoms. The molecule has 21 heavy (non-hydrogen) atoms. The molecule has 3 rings (SSSR count). The first kappa shape index (κ1) is 14.7. The number of hydrogen-bond donors (Lipinski definition) is 0. The maximum atomic E-state index is 12.4. The quantitative estimate of drug-likeness (QED) is 0.869. The molecular weight excluding hydrogens is 302 g/mol. The van der Waals surface area contributed by atoms with E-state index in [9.17, 15) is 4.79 Å². The van der Waals surface area contributed by atoms with Crippen LogP contribution >= 0.6 is 22.7 Å². The van der Waals surface area contributed by atoms with Crippen molar-refractivity contribution in [3.05, 3.63) is 31.9 Å². The van der Waals surface area contributed by atoms with Gasteiger partial charge in [-0.3, -0.25) is 4.79 Å². The van der Waals surface area contributed by atoms with Gasteiger partial charge in [0.25, 0.3) is 5.91 Å². The van der Waals surface area contributed by atoms with E-state index in [1.54, 1.807) is 22.7 Å². The largest absolute Gasteiger partial charge is 0.338 e. The fraction of sp³-hybridized carbons (Fsp3) is 0.533. The van der Waals surface area contributed by atoms with E-state index in [2.05, 4.69) is 17.1 Å². The van der Waals surface area contributed by atoms with Crippen LogP contribution in [0.4, 0.5) is 0 Å². The van der Waals surface area contributed by atoms with Crippen molar-refractivity contribution in [2.75, 3.05) is 13.1 Å². The van der Waals surface area contributed by atoms with E-state index in [-0.39, 0.29) is 5.91 Å². The fourth-order valence-corrected chi connectivity index (χ4v) is 4.40. The standard InChI is InChI=1S/C15H19N3OS2/c1-3-13-16-17-14(21-13)11-6-8-18(9-7-11)15(19)12-5-4-10(2)20-12/h4-5,11H,3,6-9H2,1-2H3. The maximum absolute atomic E-state index is 12.4. The van der Waals surface area contributed by atoms with Crippen molar-refractivity contribution in [3.8, 4) is 0 Å². The summed E-state index contributed by atoms with van der Waals surface area (Å²) in [5.74, 6) is 0.648. The third kappa shape index (κ3) is 3.16. The molecule has 1 saturated heterocycles. The van der Waals surface area contributed by atoms with E-state index in [0.717, 1.165) is 47.2 Å². The van der Waals surface area contributed by atoms with Crippen LogP contribution in [0.5, 0.6) is 0 Å². The molecule has 0 unspecified atom stereocenters. The number of hydrogen-bond acceptors (Lipinski definition) is 5. The smallest absolute Gasteiger partial charge is 0.263 e. The van der Waals surface area contributed by atoms with E-state index in [1.165, 1.54) is 4.88 Å². The Labute approximate surface area is 132 Å². The van der Waals surface area contributed by atoms with E-state index in [4.69, 9.17) is 0 Å². The topological polar surface area (TPSA) is 46.1 Å². The van der Waals surface area contributed by atoms with Gasteiger partial charge in [0, 0.05) is 23.9 Å². The zero-order chi connectivity index (χ0) is 14.8. The first-order chi connectivity index (χ1) is 10.2. The van der Waals surface area contributed by atoms with Crippen molar-refractivity contribution >= 4 is 28.6 Å². The average Bonchev–Trinajstić information content (AvgIpc) is 3.15. The third-order valence-corrected chi connectivity index (χ3v) is 6.09. The van der Waals surface area contributed by atoms with Gasteiger partial charge in [-0.1, -0.05) is 6.92 Å². The number of rotatable bonds is 3. The predicted molar refractivity (Wildman–Crippen MR) is 86.2 cm³/mol. The number of aromatic nitrogens is 2. The number of aryl methyl sites for hydroxylation is 2. The minimum absolute atomic E-state index is 0.179. The van der Waals surface area contributed by atoms with Crippen molar-refractivity contribution in [1.82, 2.24) is 15.1 Å². The Morgan fingerprint density at radius 2 is 2.05 bits per heavy atom. The number of carbonyl (C=O) groups is 1. The second-order valence-electron chi connectivity index (χ2n) is 5.36. The summed E-state index contributed by atoms with van der Waals surface area (Å²) in [5, 5.41) is 10.8. The molecule has 1 aliphatic rings. The van der Waals surface area contributed by atoms with Crippen LogP contribution in [0.2, 0.25) is 0 Å². The molecule has 112 valence electrons. The molecule has 0 aliphatic carbocycles. The summed E-state index contributed by atoms with van der Waals surface area (Å²) in [6.07, 6.45) is 2.94. The van der Waals surface area contributed by atoms with Gasteiger partial charge in [0.1, 0.15) is 10.0 Å². The second-order valence-corrected chi connectivity index (χ2v) is 7.75. The predicted octanol–water partition coefficient (Wildman–Crippen LogP) is 3.49. The minimum atomic E-state index is 0.179. The molecule has 3 heterocycles. The van der Waals surface area contributed by atoms with Gasteiger partial charge in [-0.2, -0.15) is 0 Å². The lowest BCUT2D eigenvalue weighted by atomic mass is 9.97. The summed E-state index contributed by atoms with van der Waals surface area (Å²) >= 11 is 3.31. The molecule has 2 aromatic rings. The van der Waals surface area contributed by atoms with Gasteiger partial charge < -0.3 is 4.90 Å². The zero-order valence-electron chi connectivity index (χ0n) is 12.3. The van der Waals surface area contributed by atoms with Crippen LogP contribution in [-0.4, -0.2) is 34.1 Å². The molecule has 0 N–H and O–H groups in total. The molecule has 1 aliphatic heterocycles. The molecule has 2 aromatic heterocycles. The highest BCUT2D eigenvalue weighted by atomic mass is 32.1. The number of amides is 1. The lowest BCUT2D eigenvalue weighted by Crippen LogP contribution is -2.37.